The van der Waals surface area contributed by atoms with Crippen molar-refractivity contribution < 1.29 is 12.8 Å². The number of aromatic nitrogens is 1. The van der Waals surface area contributed by atoms with E-state index in [-0.39, 0.29) is 15.3 Å². The molecule has 0 spiro atoms. The van der Waals surface area contributed by atoms with Crippen LogP contribution in [0.5, 0.6) is 0 Å². The van der Waals surface area contributed by atoms with Gasteiger partial charge in [0.2, 0.25) is 15.9 Å². The van der Waals surface area contributed by atoms with E-state index in [1.54, 1.807) is 6.20 Å². The Bertz CT molecular complexity index is 914. The molecular weight excluding hydrogens is 409 g/mol. The molecule has 1 fully saturated rings. The summed E-state index contributed by atoms with van der Waals surface area (Å²) >= 11 is 11.8. The van der Waals surface area contributed by atoms with Gasteiger partial charge < -0.3 is 4.42 Å². The Morgan fingerprint density at radius 1 is 1.11 bits per heavy atom. The third-order valence-electron chi connectivity index (χ3n) is 4.51. The molecule has 1 aromatic heterocycles. The number of hydrogen-bond donors (Lipinski definition) is 0. The van der Waals surface area contributed by atoms with Gasteiger partial charge in [-0.3, -0.25) is 4.90 Å². The van der Waals surface area contributed by atoms with E-state index >= 15 is 0 Å². The first-order valence-electron chi connectivity index (χ1n) is 8.70. The van der Waals surface area contributed by atoms with Gasteiger partial charge in [-0.1, -0.05) is 44.0 Å². The average Bonchev–Trinajstić information content (AvgIpc) is 3.06. The predicted molar refractivity (Wildman–Crippen MR) is 106 cm³/mol. The van der Waals surface area contributed by atoms with Crippen LogP contribution in [0.25, 0.3) is 0 Å². The number of rotatable bonds is 4. The van der Waals surface area contributed by atoms with Crippen LogP contribution < -0.4 is 0 Å². The van der Waals surface area contributed by atoms with Gasteiger partial charge in [0.1, 0.15) is 5.76 Å². The second-order valence-electron chi connectivity index (χ2n) is 7.62. The van der Waals surface area contributed by atoms with Crippen molar-refractivity contribution >= 4 is 33.2 Å². The number of halogens is 2. The Balaban J connectivity index is 1.63. The van der Waals surface area contributed by atoms with Gasteiger partial charge in [-0.25, -0.2) is 13.4 Å². The zero-order valence-corrected chi connectivity index (χ0v) is 17.9. The van der Waals surface area contributed by atoms with Crippen LogP contribution in [-0.2, 0) is 22.0 Å². The topological polar surface area (TPSA) is 66.7 Å². The van der Waals surface area contributed by atoms with Crippen LogP contribution in [0.3, 0.4) is 0 Å². The smallest absolute Gasteiger partial charge is 0.243 e. The monoisotopic (exact) mass is 431 g/mol. The largest absolute Gasteiger partial charge is 0.444 e. The average molecular weight is 432 g/mol. The minimum Gasteiger partial charge on any atom is -0.444 e. The van der Waals surface area contributed by atoms with Gasteiger partial charge in [-0.05, 0) is 18.2 Å². The molecule has 1 aliphatic rings. The maximum absolute atomic E-state index is 12.8. The predicted octanol–water partition coefficient (Wildman–Crippen LogP) is 3.79. The van der Waals surface area contributed by atoms with Crippen LogP contribution in [0.15, 0.2) is 33.7 Å². The number of oxazole rings is 1. The molecule has 0 saturated carbocycles. The minimum atomic E-state index is -3.59. The Hall–Kier alpha value is -1.12. The highest BCUT2D eigenvalue weighted by atomic mass is 35.5. The molecule has 2 heterocycles. The van der Waals surface area contributed by atoms with Gasteiger partial charge in [0.05, 0.1) is 27.7 Å². The van der Waals surface area contributed by atoms with Crippen LogP contribution in [-0.4, -0.2) is 48.8 Å². The molecule has 0 atom stereocenters. The molecule has 1 aromatic carbocycles. The Morgan fingerprint density at radius 3 is 2.33 bits per heavy atom. The third-order valence-corrected chi connectivity index (χ3v) is 7.15. The molecule has 0 aliphatic carbocycles. The van der Waals surface area contributed by atoms with Gasteiger partial charge in [-0.2, -0.15) is 4.31 Å². The van der Waals surface area contributed by atoms with E-state index in [1.165, 1.54) is 22.5 Å². The maximum Gasteiger partial charge on any atom is 0.243 e. The summed E-state index contributed by atoms with van der Waals surface area (Å²) in [7, 11) is -3.59. The second-order valence-corrected chi connectivity index (χ2v) is 10.4. The van der Waals surface area contributed by atoms with Gasteiger partial charge in [0.15, 0.2) is 0 Å². The number of hydrogen-bond acceptors (Lipinski definition) is 5. The van der Waals surface area contributed by atoms with Crippen LogP contribution in [0.1, 0.15) is 32.4 Å². The Labute approximate surface area is 170 Å². The molecule has 3 rings (SSSR count). The SMILES string of the molecule is CC(C)(C)c1cnc(CN2CCN(S(=O)(=O)c3ccc(Cl)c(Cl)c3)CC2)o1. The number of piperazine rings is 1. The number of sulfonamides is 1. The summed E-state index contributed by atoms with van der Waals surface area (Å²) in [5, 5.41) is 0.566. The first kappa shape index (κ1) is 20.6. The van der Waals surface area contributed by atoms with Crippen molar-refractivity contribution in [2.45, 2.75) is 37.6 Å². The lowest BCUT2D eigenvalue weighted by atomic mass is 9.94. The summed E-state index contributed by atoms with van der Waals surface area (Å²) in [6.07, 6.45) is 1.76. The van der Waals surface area contributed by atoms with Crippen LogP contribution in [0.4, 0.5) is 0 Å². The summed E-state index contributed by atoms with van der Waals surface area (Å²) < 4.78 is 32.9. The summed E-state index contributed by atoms with van der Waals surface area (Å²) in [4.78, 5) is 6.64. The molecule has 1 aliphatic heterocycles. The van der Waals surface area contributed by atoms with Crippen molar-refractivity contribution in [2.24, 2.45) is 0 Å². The van der Waals surface area contributed by atoms with Crippen molar-refractivity contribution in [3.63, 3.8) is 0 Å². The molecule has 2 aromatic rings. The van der Waals surface area contributed by atoms with E-state index in [2.05, 4.69) is 30.7 Å². The maximum atomic E-state index is 12.8. The first-order chi connectivity index (χ1) is 12.6. The van der Waals surface area contributed by atoms with E-state index in [0.717, 1.165) is 5.76 Å². The Kier molecular flexibility index (Phi) is 5.89. The molecule has 6 nitrogen and oxygen atoms in total. The van der Waals surface area contributed by atoms with E-state index in [4.69, 9.17) is 27.6 Å². The Morgan fingerprint density at radius 2 is 1.78 bits per heavy atom. The van der Waals surface area contributed by atoms with Crippen molar-refractivity contribution in [1.29, 1.82) is 0 Å². The molecular formula is C18H23Cl2N3O3S. The fourth-order valence-corrected chi connectivity index (χ4v) is 4.65. The molecule has 0 unspecified atom stereocenters. The van der Waals surface area contributed by atoms with Crippen molar-refractivity contribution in [3.8, 4) is 0 Å². The lowest BCUT2D eigenvalue weighted by molar-refractivity contribution is 0.166. The second kappa shape index (κ2) is 7.72. The summed E-state index contributed by atoms with van der Waals surface area (Å²) in [6.45, 7) is 8.79. The van der Waals surface area contributed by atoms with E-state index in [9.17, 15) is 8.42 Å². The summed E-state index contributed by atoms with van der Waals surface area (Å²) in [5.41, 5.74) is -0.0854. The van der Waals surface area contributed by atoms with Gasteiger partial charge in [0, 0.05) is 31.6 Å². The van der Waals surface area contributed by atoms with Crippen molar-refractivity contribution in [1.82, 2.24) is 14.2 Å². The zero-order chi connectivity index (χ0) is 19.8. The van der Waals surface area contributed by atoms with E-state index < -0.39 is 10.0 Å². The van der Waals surface area contributed by atoms with Crippen molar-refractivity contribution in [3.05, 3.63) is 46.1 Å². The normalized spacial score (nSPS) is 17.4. The molecule has 27 heavy (non-hydrogen) atoms. The fourth-order valence-electron chi connectivity index (χ4n) is 2.84. The van der Waals surface area contributed by atoms with Crippen molar-refractivity contribution in [2.75, 3.05) is 26.2 Å². The number of nitrogens with zero attached hydrogens (tertiary/aromatic N) is 3. The molecule has 9 heteroatoms. The lowest BCUT2D eigenvalue weighted by Gasteiger charge is -2.33. The van der Waals surface area contributed by atoms with Crippen LogP contribution in [0.2, 0.25) is 10.0 Å². The highest BCUT2D eigenvalue weighted by molar-refractivity contribution is 7.89. The van der Waals surface area contributed by atoms with E-state index in [0.29, 0.717) is 43.6 Å². The minimum absolute atomic E-state index is 0.0854. The first-order valence-corrected chi connectivity index (χ1v) is 10.9. The summed E-state index contributed by atoms with van der Waals surface area (Å²) in [5.74, 6) is 1.50. The molecule has 148 valence electrons. The van der Waals surface area contributed by atoms with E-state index in [1.807, 2.05) is 0 Å². The molecule has 0 radical (unpaired) electrons. The highest BCUT2D eigenvalue weighted by Crippen LogP contribution is 2.27. The third kappa shape index (κ3) is 4.66. The lowest BCUT2D eigenvalue weighted by Crippen LogP contribution is -2.48. The molecule has 1 saturated heterocycles. The fraction of sp³-hybridized carbons (Fsp3) is 0.500. The standard InChI is InChI=1S/C18H23Cl2N3O3S/c1-18(2,3)16-11-21-17(26-16)12-22-6-8-23(9-7-22)27(24,25)13-4-5-14(19)15(20)10-13/h4-5,10-11H,6-9,12H2,1-3H3. The van der Waals surface area contributed by atoms with Crippen LogP contribution >= 0.6 is 23.2 Å². The highest BCUT2D eigenvalue weighted by Gasteiger charge is 2.29. The summed E-state index contributed by atoms with van der Waals surface area (Å²) in [6, 6.07) is 4.38. The van der Waals surface area contributed by atoms with Gasteiger partial charge >= 0.3 is 0 Å². The van der Waals surface area contributed by atoms with Gasteiger partial charge in [-0.15, -0.1) is 0 Å². The van der Waals surface area contributed by atoms with Gasteiger partial charge in [0.25, 0.3) is 0 Å². The number of benzene rings is 1. The molecule has 0 bridgehead atoms. The molecule has 0 N–H and O–H groups in total. The van der Waals surface area contributed by atoms with Crippen LogP contribution in [0, 0.1) is 0 Å². The zero-order valence-electron chi connectivity index (χ0n) is 15.6. The molecule has 0 amide bonds. The quantitative estimate of drug-likeness (QED) is 0.736.